The number of aryl methyl sites for hydroxylation is 1. The molecule has 1 rings (SSSR count). The maximum atomic E-state index is 8.68. The normalized spacial score (nSPS) is 12.4. The van der Waals surface area contributed by atoms with Gasteiger partial charge in [0.15, 0.2) is 4.34 Å². The van der Waals surface area contributed by atoms with Gasteiger partial charge in [0.2, 0.25) is 0 Å². The van der Waals surface area contributed by atoms with Crippen LogP contribution in [0.3, 0.4) is 0 Å². The first-order valence-corrected chi connectivity index (χ1v) is 6.06. The van der Waals surface area contributed by atoms with Crippen molar-refractivity contribution < 1.29 is 0 Å². The van der Waals surface area contributed by atoms with Crippen LogP contribution in [-0.2, 0) is 0 Å². The maximum Gasteiger partial charge on any atom is 0.174 e. The third-order valence-electron chi connectivity index (χ3n) is 1.64. The van der Waals surface area contributed by atoms with Gasteiger partial charge in [-0.3, -0.25) is 0 Å². The number of thioether (sulfide) groups is 1. The van der Waals surface area contributed by atoms with Crippen LogP contribution in [0.25, 0.3) is 0 Å². The Balaban J connectivity index is 2.25. The molecule has 1 unspecified atom stereocenters. The molecule has 0 saturated heterocycles. The summed E-state index contributed by atoms with van der Waals surface area (Å²) in [7, 11) is 1.80. The lowest BCUT2D eigenvalue weighted by Crippen LogP contribution is -2.23. The SMILES string of the molecule is CNC(C#N)CCSc1nnc(C)s1. The average molecular weight is 228 g/mol. The highest BCUT2D eigenvalue weighted by molar-refractivity contribution is 8.01. The van der Waals surface area contributed by atoms with Crippen LogP contribution in [0.15, 0.2) is 4.34 Å². The maximum absolute atomic E-state index is 8.68. The van der Waals surface area contributed by atoms with E-state index in [4.69, 9.17) is 5.26 Å². The van der Waals surface area contributed by atoms with Gasteiger partial charge in [0.25, 0.3) is 0 Å². The Bertz CT molecular complexity index is 317. The molecule has 1 heterocycles. The number of nitriles is 1. The summed E-state index contributed by atoms with van der Waals surface area (Å²) in [6.45, 7) is 1.94. The van der Waals surface area contributed by atoms with Crippen molar-refractivity contribution in [1.29, 1.82) is 5.26 Å². The highest BCUT2D eigenvalue weighted by Crippen LogP contribution is 2.22. The van der Waals surface area contributed by atoms with Gasteiger partial charge in [0.1, 0.15) is 5.01 Å². The van der Waals surface area contributed by atoms with Gasteiger partial charge in [-0.25, -0.2) is 0 Å². The third kappa shape index (κ3) is 3.62. The first-order chi connectivity index (χ1) is 6.76. The molecule has 0 bridgehead atoms. The molecule has 0 spiro atoms. The molecule has 0 amide bonds. The summed E-state index contributed by atoms with van der Waals surface area (Å²) in [4.78, 5) is 0. The molecular formula is C8H12N4S2. The molecule has 6 heteroatoms. The van der Waals surface area contributed by atoms with Crippen LogP contribution in [0, 0.1) is 18.3 Å². The molecule has 4 nitrogen and oxygen atoms in total. The minimum Gasteiger partial charge on any atom is -0.305 e. The summed E-state index contributed by atoms with van der Waals surface area (Å²) in [5.74, 6) is 0.897. The Labute approximate surface area is 91.7 Å². The van der Waals surface area contributed by atoms with Crippen molar-refractivity contribution in [2.45, 2.75) is 23.7 Å². The summed E-state index contributed by atoms with van der Waals surface area (Å²) < 4.78 is 0.982. The third-order valence-corrected chi connectivity index (χ3v) is 3.65. The molecule has 0 saturated carbocycles. The van der Waals surface area contributed by atoms with Crippen molar-refractivity contribution in [2.24, 2.45) is 0 Å². The van der Waals surface area contributed by atoms with Gasteiger partial charge >= 0.3 is 0 Å². The summed E-state index contributed by atoms with van der Waals surface area (Å²) in [5, 5.41) is 20.5. The molecule has 1 atom stereocenters. The zero-order valence-electron chi connectivity index (χ0n) is 8.15. The van der Waals surface area contributed by atoms with Gasteiger partial charge in [-0.15, -0.1) is 10.2 Å². The van der Waals surface area contributed by atoms with Crippen LogP contribution in [0.1, 0.15) is 11.4 Å². The van der Waals surface area contributed by atoms with E-state index in [0.717, 1.165) is 21.5 Å². The molecule has 1 N–H and O–H groups in total. The minimum absolute atomic E-state index is 0.0588. The largest absolute Gasteiger partial charge is 0.305 e. The smallest absolute Gasteiger partial charge is 0.174 e. The molecule has 0 aliphatic carbocycles. The van der Waals surface area contributed by atoms with Crippen molar-refractivity contribution in [3.63, 3.8) is 0 Å². The van der Waals surface area contributed by atoms with Crippen molar-refractivity contribution >= 4 is 23.1 Å². The highest BCUT2D eigenvalue weighted by Gasteiger charge is 2.05. The molecule has 0 radical (unpaired) electrons. The number of nitrogens with zero attached hydrogens (tertiary/aromatic N) is 3. The van der Waals surface area contributed by atoms with E-state index in [1.807, 2.05) is 6.92 Å². The van der Waals surface area contributed by atoms with E-state index < -0.39 is 0 Å². The lowest BCUT2D eigenvalue weighted by atomic mass is 10.3. The fourth-order valence-corrected chi connectivity index (χ4v) is 2.76. The average Bonchev–Trinajstić information content (AvgIpc) is 2.59. The van der Waals surface area contributed by atoms with E-state index >= 15 is 0 Å². The summed E-state index contributed by atoms with van der Waals surface area (Å²) in [5.41, 5.74) is 0. The lowest BCUT2D eigenvalue weighted by molar-refractivity contribution is 0.663. The van der Waals surface area contributed by atoms with E-state index in [-0.39, 0.29) is 6.04 Å². The second-order valence-corrected chi connectivity index (χ2v) is 5.22. The summed E-state index contributed by atoms with van der Waals surface area (Å²) in [6, 6.07) is 2.13. The first kappa shape index (κ1) is 11.4. The summed E-state index contributed by atoms with van der Waals surface area (Å²) in [6.07, 6.45) is 0.830. The van der Waals surface area contributed by atoms with Gasteiger partial charge in [0, 0.05) is 5.75 Å². The van der Waals surface area contributed by atoms with Crippen LogP contribution in [0.2, 0.25) is 0 Å². The van der Waals surface area contributed by atoms with Crippen molar-refractivity contribution in [1.82, 2.24) is 15.5 Å². The number of nitrogens with one attached hydrogen (secondary N) is 1. The highest BCUT2D eigenvalue weighted by atomic mass is 32.2. The minimum atomic E-state index is -0.0588. The van der Waals surface area contributed by atoms with Crippen molar-refractivity contribution in [3.05, 3.63) is 5.01 Å². The predicted molar refractivity (Wildman–Crippen MR) is 58.4 cm³/mol. The zero-order valence-corrected chi connectivity index (χ0v) is 9.78. The Hall–Kier alpha value is -0.640. The molecule has 14 heavy (non-hydrogen) atoms. The fraction of sp³-hybridized carbons (Fsp3) is 0.625. The number of rotatable bonds is 5. The second kappa shape index (κ2) is 5.96. The van der Waals surface area contributed by atoms with Gasteiger partial charge in [-0.1, -0.05) is 23.1 Å². The molecule has 1 aromatic rings. The number of aromatic nitrogens is 2. The van der Waals surface area contributed by atoms with E-state index in [1.54, 1.807) is 30.1 Å². The predicted octanol–water partition coefficient (Wildman–Crippen LogP) is 1.44. The van der Waals surface area contributed by atoms with Crippen LogP contribution in [-0.4, -0.2) is 29.0 Å². The first-order valence-electron chi connectivity index (χ1n) is 4.26. The molecule has 0 aromatic carbocycles. The topological polar surface area (TPSA) is 61.6 Å². The van der Waals surface area contributed by atoms with E-state index in [2.05, 4.69) is 21.6 Å². The van der Waals surface area contributed by atoms with Crippen LogP contribution in [0.4, 0.5) is 0 Å². The molecule has 0 fully saturated rings. The number of hydrogen-bond acceptors (Lipinski definition) is 6. The van der Waals surface area contributed by atoms with Crippen molar-refractivity contribution in [2.75, 3.05) is 12.8 Å². The quantitative estimate of drug-likeness (QED) is 0.773. The number of hydrogen-bond donors (Lipinski definition) is 1. The van der Waals surface area contributed by atoms with Crippen LogP contribution >= 0.6 is 23.1 Å². The zero-order chi connectivity index (χ0) is 10.4. The fourth-order valence-electron chi connectivity index (χ4n) is 0.874. The second-order valence-electron chi connectivity index (χ2n) is 2.69. The molecule has 1 aromatic heterocycles. The van der Waals surface area contributed by atoms with Gasteiger partial charge < -0.3 is 5.32 Å². The monoisotopic (exact) mass is 228 g/mol. The van der Waals surface area contributed by atoms with E-state index in [1.165, 1.54) is 0 Å². The molecule has 0 aliphatic rings. The Morgan fingerprint density at radius 2 is 2.43 bits per heavy atom. The molecular weight excluding hydrogens is 216 g/mol. The summed E-state index contributed by atoms with van der Waals surface area (Å²) >= 11 is 3.25. The van der Waals surface area contributed by atoms with Gasteiger partial charge in [0.05, 0.1) is 12.1 Å². The molecule has 76 valence electrons. The van der Waals surface area contributed by atoms with Crippen LogP contribution in [0.5, 0.6) is 0 Å². The Morgan fingerprint density at radius 1 is 1.64 bits per heavy atom. The lowest BCUT2D eigenvalue weighted by Gasteiger charge is -2.04. The van der Waals surface area contributed by atoms with Gasteiger partial charge in [-0.05, 0) is 20.4 Å². The Morgan fingerprint density at radius 3 is 2.93 bits per heavy atom. The standard InChI is InChI=1S/C8H12N4S2/c1-6-11-12-8(14-6)13-4-3-7(5-9)10-2/h7,10H,3-4H2,1-2H3. The Kier molecular flexibility index (Phi) is 4.87. The van der Waals surface area contributed by atoms with E-state index in [0.29, 0.717) is 0 Å². The van der Waals surface area contributed by atoms with Crippen molar-refractivity contribution in [3.8, 4) is 6.07 Å². The van der Waals surface area contributed by atoms with Crippen LogP contribution < -0.4 is 5.32 Å². The van der Waals surface area contributed by atoms with E-state index in [9.17, 15) is 0 Å². The van der Waals surface area contributed by atoms with Gasteiger partial charge in [-0.2, -0.15) is 5.26 Å². The molecule has 0 aliphatic heterocycles.